The largest absolute Gasteiger partial charge is 0.321 e. The van der Waals surface area contributed by atoms with E-state index in [9.17, 15) is 14.4 Å². The summed E-state index contributed by atoms with van der Waals surface area (Å²) in [7, 11) is 0. The van der Waals surface area contributed by atoms with Gasteiger partial charge in [-0.2, -0.15) is 5.10 Å². The normalized spacial score (nSPS) is 10.5. The zero-order chi connectivity index (χ0) is 22.2. The monoisotopic (exact) mass is 418 g/mol. The molecule has 0 aliphatic heterocycles. The summed E-state index contributed by atoms with van der Waals surface area (Å²) in [5.41, 5.74) is 2.26. The maximum Gasteiger partial charge on any atom is 0.276 e. The van der Waals surface area contributed by atoms with E-state index in [0.717, 1.165) is 17.7 Å². The number of likely N-dealkylation sites (N-methyl/N-ethyl adjacent to an activating group) is 1. The average molecular weight is 418 g/mol. The highest BCUT2D eigenvalue weighted by atomic mass is 16.2. The number of carbonyl (C=O) groups is 2. The van der Waals surface area contributed by atoms with Crippen molar-refractivity contribution in [1.82, 2.24) is 9.78 Å². The minimum Gasteiger partial charge on any atom is -0.321 e. The van der Waals surface area contributed by atoms with E-state index in [1.165, 1.54) is 16.8 Å². The van der Waals surface area contributed by atoms with Crippen LogP contribution in [-0.2, 0) is 17.8 Å². The predicted molar refractivity (Wildman–Crippen MR) is 121 cm³/mol. The van der Waals surface area contributed by atoms with Gasteiger partial charge < -0.3 is 10.2 Å². The molecule has 2 aromatic carbocycles. The molecule has 0 radical (unpaired) electrons. The molecule has 31 heavy (non-hydrogen) atoms. The van der Waals surface area contributed by atoms with E-state index in [1.807, 2.05) is 56.3 Å². The van der Waals surface area contributed by atoms with Crippen LogP contribution in [0, 0.1) is 0 Å². The smallest absolute Gasteiger partial charge is 0.276 e. The average Bonchev–Trinajstić information content (AvgIpc) is 2.78. The molecule has 2 amide bonds. The van der Waals surface area contributed by atoms with E-state index in [1.54, 1.807) is 17.0 Å². The first-order valence-corrected chi connectivity index (χ1v) is 10.4. The topological polar surface area (TPSA) is 84.3 Å². The first kappa shape index (κ1) is 22.0. The number of hydrogen-bond acceptors (Lipinski definition) is 4. The van der Waals surface area contributed by atoms with Crippen LogP contribution in [0.3, 0.4) is 0 Å². The Kier molecular flexibility index (Phi) is 7.32. The second-order valence-electron chi connectivity index (χ2n) is 7.08. The molecule has 0 spiro atoms. The fraction of sp³-hybridized carbons (Fsp3) is 0.250. The van der Waals surface area contributed by atoms with Crippen LogP contribution >= 0.6 is 0 Å². The van der Waals surface area contributed by atoms with Gasteiger partial charge in [0.2, 0.25) is 5.91 Å². The number of hydrogen-bond donors (Lipinski definition) is 1. The number of aromatic nitrogens is 2. The Labute approximate surface area is 181 Å². The minimum absolute atomic E-state index is 0.00728. The maximum absolute atomic E-state index is 12.7. The summed E-state index contributed by atoms with van der Waals surface area (Å²) in [6.07, 6.45) is 1.01. The highest BCUT2D eigenvalue weighted by Crippen LogP contribution is 2.16. The summed E-state index contributed by atoms with van der Waals surface area (Å²) in [6.45, 7) is 4.93. The number of nitrogens with zero attached hydrogens (tertiary/aromatic N) is 3. The third kappa shape index (κ3) is 5.66. The lowest BCUT2D eigenvalue weighted by molar-refractivity contribution is -0.117. The zero-order valence-corrected chi connectivity index (χ0v) is 17.7. The third-order valence-corrected chi connectivity index (χ3v) is 4.79. The van der Waals surface area contributed by atoms with E-state index in [0.29, 0.717) is 18.8 Å². The van der Waals surface area contributed by atoms with Crippen molar-refractivity contribution in [2.45, 2.75) is 33.2 Å². The molecule has 0 saturated carbocycles. The lowest BCUT2D eigenvalue weighted by Gasteiger charge is -2.21. The minimum atomic E-state index is -0.394. The molecule has 0 fully saturated rings. The van der Waals surface area contributed by atoms with Gasteiger partial charge in [-0.3, -0.25) is 14.4 Å². The van der Waals surface area contributed by atoms with Crippen LogP contribution in [0.15, 0.2) is 71.5 Å². The van der Waals surface area contributed by atoms with Gasteiger partial charge in [-0.1, -0.05) is 37.3 Å². The van der Waals surface area contributed by atoms with Gasteiger partial charge in [0.05, 0.1) is 6.42 Å². The van der Waals surface area contributed by atoms with Crippen LogP contribution < -0.4 is 15.8 Å². The van der Waals surface area contributed by atoms with Crippen LogP contribution in [0.2, 0.25) is 0 Å². The molecule has 0 aliphatic rings. The first-order chi connectivity index (χ1) is 15.0. The number of rotatable bonds is 8. The molecular formula is C24H26N4O3. The molecule has 0 unspecified atom stereocenters. The number of amides is 2. The molecule has 7 nitrogen and oxygen atoms in total. The Morgan fingerprint density at radius 2 is 1.68 bits per heavy atom. The van der Waals surface area contributed by atoms with Crippen molar-refractivity contribution < 1.29 is 9.59 Å². The Hall–Kier alpha value is -3.74. The Balaban J connectivity index is 1.65. The second kappa shape index (κ2) is 10.3. The van der Waals surface area contributed by atoms with E-state index in [2.05, 4.69) is 10.4 Å². The van der Waals surface area contributed by atoms with Crippen LogP contribution in [0.1, 0.15) is 36.3 Å². The zero-order valence-electron chi connectivity index (χ0n) is 17.7. The van der Waals surface area contributed by atoms with Gasteiger partial charge in [0.25, 0.3) is 11.5 Å². The summed E-state index contributed by atoms with van der Waals surface area (Å²) >= 11 is 0. The van der Waals surface area contributed by atoms with Crippen molar-refractivity contribution in [2.24, 2.45) is 0 Å². The van der Waals surface area contributed by atoms with E-state index in [4.69, 9.17) is 0 Å². The van der Waals surface area contributed by atoms with Gasteiger partial charge in [-0.05, 0) is 49.2 Å². The Bertz CT molecular complexity index is 1090. The maximum atomic E-state index is 12.7. The number of para-hydroxylation sites is 1. The standard InChI is InChI=1S/C24H26N4O3/c1-3-16-28-22(29)15-14-21(26-28)24(31)25-19-12-10-18(11-13-19)17-23(30)27(4-2)20-8-6-5-7-9-20/h5-15H,3-4,16-17H2,1-2H3,(H,25,31). The molecule has 160 valence electrons. The molecule has 0 atom stereocenters. The summed E-state index contributed by atoms with van der Waals surface area (Å²) in [6, 6.07) is 19.5. The first-order valence-electron chi connectivity index (χ1n) is 10.4. The Morgan fingerprint density at radius 1 is 0.968 bits per heavy atom. The number of anilines is 2. The fourth-order valence-corrected chi connectivity index (χ4v) is 3.22. The Morgan fingerprint density at radius 3 is 2.32 bits per heavy atom. The number of nitrogens with one attached hydrogen (secondary N) is 1. The number of carbonyl (C=O) groups excluding carboxylic acids is 2. The van der Waals surface area contributed by atoms with Gasteiger partial charge in [0.1, 0.15) is 5.69 Å². The second-order valence-corrected chi connectivity index (χ2v) is 7.08. The summed E-state index contributed by atoms with van der Waals surface area (Å²) < 4.78 is 1.29. The van der Waals surface area contributed by atoms with Crippen molar-refractivity contribution in [3.8, 4) is 0 Å². The molecule has 1 heterocycles. The van der Waals surface area contributed by atoms with Crippen molar-refractivity contribution >= 4 is 23.2 Å². The number of aryl methyl sites for hydroxylation is 1. The van der Waals surface area contributed by atoms with Crippen molar-refractivity contribution in [1.29, 1.82) is 0 Å². The van der Waals surface area contributed by atoms with Gasteiger partial charge in [0.15, 0.2) is 0 Å². The fourth-order valence-electron chi connectivity index (χ4n) is 3.22. The number of benzene rings is 2. The van der Waals surface area contributed by atoms with Crippen LogP contribution in [-0.4, -0.2) is 28.1 Å². The molecule has 0 saturated heterocycles. The van der Waals surface area contributed by atoms with E-state index in [-0.39, 0.29) is 23.6 Å². The van der Waals surface area contributed by atoms with E-state index >= 15 is 0 Å². The van der Waals surface area contributed by atoms with Crippen molar-refractivity contribution in [3.63, 3.8) is 0 Å². The highest BCUT2D eigenvalue weighted by Gasteiger charge is 2.15. The van der Waals surface area contributed by atoms with Crippen molar-refractivity contribution in [2.75, 3.05) is 16.8 Å². The summed E-state index contributed by atoms with van der Waals surface area (Å²) in [5.74, 6) is -0.386. The van der Waals surface area contributed by atoms with Crippen LogP contribution in [0.5, 0.6) is 0 Å². The molecule has 7 heteroatoms. The van der Waals surface area contributed by atoms with Gasteiger partial charge in [-0.15, -0.1) is 0 Å². The SMILES string of the molecule is CCCn1nc(C(=O)Nc2ccc(CC(=O)N(CC)c3ccccc3)cc2)ccc1=O. The predicted octanol–water partition coefficient (Wildman–Crippen LogP) is 3.50. The van der Waals surface area contributed by atoms with Crippen LogP contribution in [0.4, 0.5) is 11.4 Å². The van der Waals surface area contributed by atoms with Gasteiger partial charge in [-0.25, -0.2) is 4.68 Å². The summed E-state index contributed by atoms with van der Waals surface area (Å²) in [4.78, 5) is 38.7. The third-order valence-electron chi connectivity index (χ3n) is 4.79. The highest BCUT2D eigenvalue weighted by molar-refractivity contribution is 6.02. The molecule has 0 aliphatic carbocycles. The van der Waals surface area contributed by atoms with Gasteiger partial charge >= 0.3 is 0 Å². The molecule has 3 aromatic rings. The molecular weight excluding hydrogens is 392 g/mol. The lowest BCUT2D eigenvalue weighted by atomic mass is 10.1. The lowest BCUT2D eigenvalue weighted by Crippen LogP contribution is -2.31. The van der Waals surface area contributed by atoms with Crippen molar-refractivity contribution in [3.05, 3.63) is 88.3 Å². The molecule has 1 N–H and O–H groups in total. The molecule has 0 bridgehead atoms. The van der Waals surface area contributed by atoms with Crippen LogP contribution in [0.25, 0.3) is 0 Å². The summed E-state index contributed by atoms with van der Waals surface area (Å²) in [5, 5.41) is 6.89. The van der Waals surface area contributed by atoms with Gasteiger partial charge in [0, 0.05) is 30.5 Å². The quantitative estimate of drug-likeness (QED) is 0.607. The molecule has 1 aromatic heterocycles. The van der Waals surface area contributed by atoms with E-state index < -0.39 is 5.91 Å². The molecule has 3 rings (SSSR count).